The molecule has 168 valence electrons. The van der Waals surface area contributed by atoms with E-state index in [0.717, 1.165) is 17.6 Å². The second-order valence-electron chi connectivity index (χ2n) is 7.45. The fourth-order valence-electron chi connectivity index (χ4n) is 3.22. The van der Waals surface area contributed by atoms with Gasteiger partial charge in [0.05, 0.1) is 25.6 Å². The van der Waals surface area contributed by atoms with Crippen molar-refractivity contribution >= 4 is 21.6 Å². The van der Waals surface area contributed by atoms with Crippen LogP contribution in [0.3, 0.4) is 0 Å². The number of nitrogens with zero attached hydrogens (tertiary/aromatic N) is 2. The number of anilines is 1. The molecule has 0 unspecified atom stereocenters. The summed E-state index contributed by atoms with van der Waals surface area (Å²) in [6.45, 7) is 0.481. The van der Waals surface area contributed by atoms with E-state index in [4.69, 9.17) is 4.74 Å². The predicted molar refractivity (Wildman–Crippen MR) is 123 cm³/mol. The van der Waals surface area contributed by atoms with Gasteiger partial charge in [0.15, 0.2) is 0 Å². The smallest absolute Gasteiger partial charge is 0.253 e. The third kappa shape index (κ3) is 5.85. The van der Waals surface area contributed by atoms with Gasteiger partial charge >= 0.3 is 0 Å². The fraction of sp³-hybridized carbons (Fsp3) is 0.208. The molecule has 3 rings (SSSR count). The molecule has 32 heavy (non-hydrogen) atoms. The maximum absolute atomic E-state index is 13.2. The fourth-order valence-corrected chi connectivity index (χ4v) is 4.11. The Morgan fingerprint density at radius 1 is 0.875 bits per heavy atom. The lowest BCUT2D eigenvalue weighted by Crippen LogP contribution is -2.29. The van der Waals surface area contributed by atoms with Gasteiger partial charge in [0.1, 0.15) is 11.6 Å². The molecule has 0 N–H and O–H groups in total. The number of rotatable bonds is 8. The van der Waals surface area contributed by atoms with Gasteiger partial charge in [0.2, 0.25) is 10.0 Å². The Morgan fingerprint density at radius 3 is 1.94 bits per heavy atom. The number of amides is 1. The minimum atomic E-state index is -3.59. The van der Waals surface area contributed by atoms with E-state index in [9.17, 15) is 17.6 Å². The van der Waals surface area contributed by atoms with Gasteiger partial charge in [-0.15, -0.1) is 0 Å². The summed E-state index contributed by atoms with van der Waals surface area (Å²) in [7, 11) is -0.286. The second-order valence-corrected chi connectivity index (χ2v) is 9.36. The van der Waals surface area contributed by atoms with Gasteiger partial charge in [0.25, 0.3) is 5.91 Å². The van der Waals surface area contributed by atoms with Crippen LogP contribution in [-0.4, -0.2) is 39.6 Å². The normalized spacial score (nSPS) is 11.1. The first-order chi connectivity index (χ1) is 15.2. The molecule has 0 bridgehead atoms. The molecular weight excluding hydrogens is 431 g/mol. The molecule has 0 aliphatic rings. The molecule has 0 aliphatic heterocycles. The van der Waals surface area contributed by atoms with Crippen LogP contribution < -0.4 is 9.04 Å². The first kappa shape index (κ1) is 23.3. The molecule has 0 saturated heterocycles. The topological polar surface area (TPSA) is 66.9 Å². The van der Waals surface area contributed by atoms with E-state index in [-0.39, 0.29) is 18.3 Å². The Balaban J connectivity index is 1.74. The molecule has 0 saturated carbocycles. The van der Waals surface area contributed by atoms with Crippen molar-refractivity contribution in [1.29, 1.82) is 0 Å². The van der Waals surface area contributed by atoms with Crippen LogP contribution in [0.1, 0.15) is 21.5 Å². The number of sulfonamides is 1. The molecular formula is C24H25FN2O4S. The minimum absolute atomic E-state index is 0.0593. The monoisotopic (exact) mass is 456 g/mol. The molecule has 0 heterocycles. The summed E-state index contributed by atoms with van der Waals surface area (Å²) in [5, 5.41) is 0. The molecule has 0 radical (unpaired) electrons. The van der Waals surface area contributed by atoms with Crippen molar-refractivity contribution in [3.63, 3.8) is 0 Å². The number of methoxy groups -OCH3 is 1. The highest BCUT2D eigenvalue weighted by Crippen LogP contribution is 2.22. The lowest BCUT2D eigenvalue weighted by molar-refractivity contribution is 0.0785. The van der Waals surface area contributed by atoms with Crippen LogP contribution >= 0.6 is 0 Å². The van der Waals surface area contributed by atoms with Gasteiger partial charge in [-0.2, -0.15) is 0 Å². The maximum atomic E-state index is 13.2. The Bertz CT molecular complexity index is 1160. The van der Waals surface area contributed by atoms with Crippen LogP contribution in [0.4, 0.5) is 10.1 Å². The summed E-state index contributed by atoms with van der Waals surface area (Å²) in [5.74, 6) is 0.174. The predicted octanol–water partition coefficient (Wildman–Crippen LogP) is 4.07. The molecule has 1 amide bonds. The Morgan fingerprint density at radius 2 is 1.41 bits per heavy atom. The number of ether oxygens (including phenoxy) is 1. The zero-order valence-corrected chi connectivity index (χ0v) is 19.0. The van der Waals surface area contributed by atoms with E-state index >= 15 is 0 Å². The Hall–Kier alpha value is -3.39. The van der Waals surface area contributed by atoms with Crippen LogP contribution in [0.5, 0.6) is 5.75 Å². The summed E-state index contributed by atoms with van der Waals surface area (Å²) in [5.41, 5.74) is 2.48. The summed E-state index contributed by atoms with van der Waals surface area (Å²) in [6, 6.07) is 19.5. The summed E-state index contributed by atoms with van der Waals surface area (Å²) < 4.78 is 44.2. The van der Waals surface area contributed by atoms with Crippen LogP contribution in [0, 0.1) is 5.82 Å². The molecule has 0 aromatic heterocycles. The van der Waals surface area contributed by atoms with Crippen LogP contribution in [0.2, 0.25) is 0 Å². The van der Waals surface area contributed by atoms with Crippen molar-refractivity contribution in [3.8, 4) is 5.75 Å². The summed E-state index contributed by atoms with van der Waals surface area (Å²) in [4.78, 5) is 14.4. The van der Waals surface area contributed by atoms with Crippen LogP contribution in [-0.2, 0) is 23.1 Å². The average Bonchev–Trinajstić information content (AvgIpc) is 2.78. The molecule has 0 fully saturated rings. The number of carbonyl (C=O) groups excluding carboxylic acids is 1. The standard InChI is InChI=1S/C24H25FN2O4S/c1-26(16-18-6-14-23(31-2)15-7-18)24(28)20-8-12-22(13-9-20)27(32(3,29)30)17-19-4-10-21(25)11-5-19/h4-15H,16-17H2,1-3H3. The van der Waals surface area contributed by atoms with Gasteiger partial charge in [0, 0.05) is 19.2 Å². The molecule has 3 aromatic rings. The molecule has 8 heteroatoms. The third-order valence-electron chi connectivity index (χ3n) is 4.97. The van der Waals surface area contributed by atoms with E-state index in [1.165, 1.54) is 16.4 Å². The van der Waals surface area contributed by atoms with Gasteiger partial charge in [-0.3, -0.25) is 9.10 Å². The van der Waals surface area contributed by atoms with Gasteiger partial charge in [-0.05, 0) is 59.7 Å². The van der Waals surface area contributed by atoms with E-state index < -0.39 is 10.0 Å². The van der Waals surface area contributed by atoms with Crippen LogP contribution in [0.25, 0.3) is 0 Å². The first-order valence-corrected chi connectivity index (χ1v) is 11.7. The highest BCUT2D eigenvalue weighted by molar-refractivity contribution is 7.92. The highest BCUT2D eigenvalue weighted by Gasteiger charge is 2.19. The van der Waals surface area contributed by atoms with Crippen LogP contribution in [0.15, 0.2) is 72.8 Å². The van der Waals surface area contributed by atoms with Crippen molar-refractivity contribution in [1.82, 2.24) is 4.90 Å². The maximum Gasteiger partial charge on any atom is 0.253 e. The van der Waals surface area contributed by atoms with Gasteiger partial charge in [-0.1, -0.05) is 24.3 Å². The van der Waals surface area contributed by atoms with Crippen molar-refractivity contribution < 1.29 is 22.3 Å². The summed E-state index contributed by atoms with van der Waals surface area (Å²) >= 11 is 0. The number of hydrogen-bond acceptors (Lipinski definition) is 4. The van der Waals surface area contributed by atoms with Crippen molar-refractivity contribution in [2.45, 2.75) is 13.1 Å². The van der Waals surface area contributed by atoms with E-state index in [2.05, 4.69) is 0 Å². The highest BCUT2D eigenvalue weighted by atomic mass is 32.2. The zero-order chi connectivity index (χ0) is 23.3. The van der Waals surface area contributed by atoms with E-state index in [1.54, 1.807) is 55.5 Å². The third-order valence-corrected chi connectivity index (χ3v) is 6.11. The number of hydrogen-bond donors (Lipinski definition) is 0. The minimum Gasteiger partial charge on any atom is -0.497 e. The first-order valence-electron chi connectivity index (χ1n) is 9.88. The lowest BCUT2D eigenvalue weighted by Gasteiger charge is -2.23. The number of halogens is 1. The lowest BCUT2D eigenvalue weighted by atomic mass is 10.1. The van der Waals surface area contributed by atoms with Gasteiger partial charge in [-0.25, -0.2) is 12.8 Å². The quantitative estimate of drug-likeness (QED) is 0.513. The summed E-state index contributed by atoms with van der Waals surface area (Å²) in [6.07, 6.45) is 1.11. The second kappa shape index (κ2) is 9.82. The van der Waals surface area contributed by atoms with Crippen molar-refractivity contribution in [3.05, 3.63) is 95.3 Å². The number of benzene rings is 3. The Kier molecular flexibility index (Phi) is 7.15. The Labute approximate surface area is 187 Å². The van der Waals surface area contributed by atoms with Crippen molar-refractivity contribution in [2.75, 3.05) is 24.7 Å². The molecule has 0 atom stereocenters. The average molecular weight is 457 g/mol. The molecule has 6 nitrogen and oxygen atoms in total. The molecule has 0 aliphatic carbocycles. The number of carbonyl (C=O) groups is 1. The van der Waals surface area contributed by atoms with E-state index in [0.29, 0.717) is 23.4 Å². The molecule has 3 aromatic carbocycles. The van der Waals surface area contributed by atoms with Crippen molar-refractivity contribution in [2.24, 2.45) is 0 Å². The van der Waals surface area contributed by atoms with Gasteiger partial charge < -0.3 is 9.64 Å². The molecule has 0 spiro atoms. The zero-order valence-electron chi connectivity index (χ0n) is 18.2. The SMILES string of the molecule is COc1ccc(CN(C)C(=O)c2ccc(N(Cc3ccc(F)cc3)S(C)(=O)=O)cc2)cc1. The van der Waals surface area contributed by atoms with E-state index in [1.807, 2.05) is 24.3 Å². The largest absolute Gasteiger partial charge is 0.497 e.